The normalized spacial score (nSPS) is 11.4. The Hall–Kier alpha value is -1.82. The monoisotopic (exact) mass is 368 g/mol. The second-order valence-corrected chi connectivity index (χ2v) is 6.82. The number of aromatic nitrogens is 2. The van der Waals surface area contributed by atoms with Crippen molar-refractivity contribution in [2.45, 2.75) is 41.2 Å². The molecule has 0 aliphatic rings. The van der Waals surface area contributed by atoms with Crippen LogP contribution >= 0.6 is 11.6 Å². The van der Waals surface area contributed by atoms with Crippen LogP contribution in [0.3, 0.4) is 0 Å². The first-order chi connectivity index (χ1) is 11.7. The molecule has 0 aromatic carbocycles. The van der Waals surface area contributed by atoms with Crippen molar-refractivity contribution in [2.24, 2.45) is 5.92 Å². The van der Waals surface area contributed by atoms with Crippen LogP contribution in [0.4, 0.5) is 0 Å². The summed E-state index contributed by atoms with van der Waals surface area (Å²) in [7, 11) is 1.62. The smallest absolute Gasteiger partial charge is 0.246 e. The van der Waals surface area contributed by atoms with Gasteiger partial charge in [-0.3, -0.25) is 14.3 Å². The Bertz CT molecular complexity index is 633. The third kappa shape index (κ3) is 5.88. The summed E-state index contributed by atoms with van der Waals surface area (Å²) in [5.74, 6) is 0.119. The molecule has 6 nitrogen and oxygen atoms in total. The summed E-state index contributed by atoms with van der Waals surface area (Å²) >= 11 is 6.36. The van der Waals surface area contributed by atoms with Crippen LogP contribution in [0.25, 0.3) is 6.08 Å². The lowest BCUT2D eigenvalue weighted by Gasteiger charge is -2.22. The number of hydrogen-bond donors (Lipinski definition) is 0. The summed E-state index contributed by atoms with van der Waals surface area (Å²) in [6.45, 7) is 11.9. The van der Waals surface area contributed by atoms with E-state index in [9.17, 15) is 9.59 Å². The van der Waals surface area contributed by atoms with Crippen molar-refractivity contribution in [3.8, 4) is 0 Å². The molecule has 0 N–H and O–H groups in total. The zero-order valence-corrected chi connectivity index (χ0v) is 16.8. The summed E-state index contributed by atoms with van der Waals surface area (Å²) in [4.78, 5) is 27.4. The van der Waals surface area contributed by atoms with E-state index in [2.05, 4.69) is 18.9 Å². The zero-order valence-electron chi connectivity index (χ0n) is 16.0. The largest absolute Gasteiger partial charge is 0.342 e. The minimum atomic E-state index is -0.243. The summed E-state index contributed by atoms with van der Waals surface area (Å²) in [5.41, 5.74) is 1.51. The van der Waals surface area contributed by atoms with E-state index in [-0.39, 0.29) is 18.4 Å². The Morgan fingerprint density at radius 1 is 1.28 bits per heavy atom. The van der Waals surface area contributed by atoms with Gasteiger partial charge in [-0.25, -0.2) is 0 Å². The summed E-state index contributed by atoms with van der Waals surface area (Å²) < 4.78 is 1.75. The molecule has 0 aliphatic carbocycles. The maximum atomic E-state index is 12.3. The van der Waals surface area contributed by atoms with Crippen LogP contribution < -0.4 is 0 Å². The Morgan fingerprint density at radius 2 is 1.88 bits per heavy atom. The van der Waals surface area contributed by atoms with Gasteiger partial charge in [-0.1, -0.05) is 25.4 Å². The molecule has 1 aromatic heterocycles. The van der Waals surface area contributed by atoms with E-state index in [0.29, 0.717) is 24.2 Å². The average molecular weight is 369 g/mol. The predicted molar refractivity (Wildman–Crippen MR) is 101 cm³/mol. The van der Waals surface area contributed by atoms with Crippen LogP contribution in [0.2, 0.25) is 5.15 Å². The number of carbonyl (C=O) groups excluding carboxylic acids is 2. The van der Waals surface area contributed by atoms with Gasteiger partial charge in [-0.05, 0) is 32.8 Å². The number of likely N-dealkylation sites (N-methyl/N-ethyl adjacent to an activating group) is 2. The average Bonchev–Trinajstić information content (AvgIpc) is 2.79. The van der Waals surface area contributed by atoms with Crippen LogP contribution in [0.15, 0.2) is 6.08 Å². The first-order valence-corrected chi connectivity index (χ1v) is 9.02. The standard InChI is InChI=1S/C18H29ClN4O2/c1-7-22(8-2)17(25)12-21(6)16(24)10-9-15-14(5)20-23(18(15)19)11-13(3)4/h9-10,13H,7-8,11-12H2,1-6H3/b10-9+. The molecule has 0 unspecified atom stereocenters. The van der Waals surface area contributed by atoms with Gasteiger partial charge in [-0.2, -0.15) is 5.10 Å². The highest BCUT2D eigenvalue weighted by molar-refractivity contribution is 6.31. The Labute approximate surface area is 155 Å². The van der Waals surface area contributed by atoms with Crippen molar-refractivity contribution in [3.05, 3.63) is 22.5 Å². The van der Waals surface area contributed by atoms with Crippen molar-refractivity contribution >= 4 is 29.5 Å². The second-order valence-electron chi connectivity index (χ2n) is 6.46. The number of halogens is 1. The first kappa shape index (κ1) is 21.2. The fraction of sp³-hybridized carbons (Fsp3) is 0.611. The minimum absolute atomic E-state index is 0.0597. The van der Waals surface area contributed by atoms with Gasteiger partial charge in [0.25, 0.3) is 0 Å². The zero-order chi connectivity index (χ0) is 19.1. The molecule has 0 atom stereocenters. The predicted octanol–water partition coefficient (Wildman–Crippen LogP) is 2.84. The molecule has 0 spiro atoms. The fourth-order valence-electron chi connectivity index (χ4n) is 2.46. The molecule has 2 amide bonds. The van der Waals surface area contributed by atoms with Gasteiger partial charge >= 0.3 is 0 Å². The SMILES string of the molecule is CCN(CC)C(=O)CN(C)C(=O)/C=C/c1c(C)nn(CC(C)C)c1Cl. The topological polar surface area (TPSA) is 58.4 Å². The maximum Gasteiger partial charge on any atom is 0.246 e. The molecule has 140 valence electrons. The molecule has 1 aromatic rings. The van der Waals surface area contributed by atoms with Crippen molar-refractivity contribution in [2.75, 3.05) is 26.7 Å². The molecule has 1 heterocycles. The van der Waals surface area contributed by atoms with Crippen LogP contribution in [-0.2, 0) is 16.1 Å². The molecule has 0 saturated heterocycles. The number of nitrogens with zero attached hydrogens (tertiary/aromatic N) is 4. The van der Waals surface area contributed by atoms with Gasteiger partial charge in [0, 0.05) is 38.3 Å². The summed E-state index contributed by atoms with van der Waals surface area (Å²) in [5, 5.41) is 4.94. The van der Waals surface area contributed by atoms with Gasteiger partial charge in [-0.15, -0.1) is 0 Å². The Kier molecular flexibility index (Phi) is 8.16. The summed E-state index contributed by atoms with van der Waals surface area (Å²) in [6.07, 6.45) is 3.10. The molecular formula is C18H29ClN4O2. The van der Waals surface area contributed by atoms with E-state index in [1.54, 1.807) is 22.7 Å². The highest BCUT2D eigenvalue weighted by Gasteiger charge is 2.16. The van der Waals surface area contributed by atoms with E-state index in [4.69, 9.17) is 11.6 Å². The number of rotatable bonds is 8. The lowest BCUT2D eigenvalue weighted by atomic mass is 10.2. The van der Waals surface area contributed by atoms with E-state index >= 15 is 0 Å². The number of amides is 2. The lowest BCUT2D eigenvalue weighted by molar-refractivity contribution is -0.136. The van der Waals surface area contributed by atoms with Gasteiger partial charge in [0.2, 0.25) is 11.8 Å². The maximum absolute atomic E-state index is 12.3. The quantitative estimate of drug-likeness (QED) is 0.663. The van der Waals surface area contributed by atoms with Crippen molar-refractivity contribution in [1.82, 2.24) is 19.6 Å². The van der Waals surface area contributed by atoms with Gasteiger partial charge in [0.05, 0.1) is 12.2 Å². The molecule has 0 aliphatic heterocycles. The number of hydrogen-bond acceptors (Lipinski definition) is 3. The van der Waals surface area contributed by atoms with Crippen LogP contribution in [0.5, 0.6) is 0 Å². The minimum Gasteiger partial charge on any atom is -0.342 e. The van der Waals surface area contributed by atoms with Gasteiger partial charge in [0.15, 0.2) is 0 Å². The third-order valence-corrected chi connectivity index (χ3v) is 4.30. The first-order valence-electron chi connectivity index (χ1n) is 8.65. The molecule has 0 saturated carbocycles. The van der Waals surface area contributed by atoms with Crippen molar-refractivity contribution in [3.63, 3.8) is 0 Å². The second kappa shape index (κ2) is 9.61. The third-order valence-electron chi connectivity index (χ3n) is 3.90. The highest BCUT2D eigenvalue weighted by Crippen LogP contribution is 2.22. The Morgan fingerprint density at radius 3 is 2.40 bits per heavy atom. The van der Waals surface area contributed by atoms with Crippen LogP contribution in [0.1, 0.15) is 39.0 Å². The molecule has 0 radical (unpaired) electrons. The lowest BCUT2D eigenvalue weighted by Crippen LogP contribution is -2.40. The molecule has 0 fully saturated rings. The fourth-order valence-corrected chi connectivity index (χ4v) is 2.77. The molecule has 1 rings (SSSR count). The molecule has 25 heavy (non-hydrogen) atoms. The number of carbonyl (C=O) groups is 2. The van der Waals surface area contributed by atoms with Crippen LogP contribution in [0, 0.1) is 12.8 Å². The molecular weight excluding hydrogens is 340 g/mol. The molecule has 7 heteroatoms. The van der Waals surface area contributed by atoms with Crippen molar-refractivity contribution < 1.29 is 9.59 Å². The van der Waals surface area contributed by atoms with Gasteiger partial charge in [0.1, 0.15) is 5.15 Å². The Balaban J connectivity index is 2.79. The van der Waals surface area contributed by atoms with Crippen molar-refractivity contribution in [1.29, 1.82) is 0 Å². The van der Waals surface area contributed by atoms with E-state index in [0.717, 1.165) is 17.8 Å². The van der Waals surface area contributed by atoms with Gasteiger partial charge < -0.3 is 9.80 Å². The van der Waals surface area contributed by atoms with E-state index in [1.165, 1.54) is 11.0 Å². The summed E-state index contributed by atoms with van der Waals surface area (Å²) in [6, 6.07) is 0. The van der Waals surface area contributed by atoms with Crippen LogP contribution in [-0.4, -0.2) is 58.1 Å². The van der Waals surface area contributed by atoms with E-state index < -0.39 is 0 Å². The van der Waals surface area contributed by atoms with E-state index in [1.807, 2.05) is 20.8 Å². The molecule has 0 bridgehead atoms. The highest BCUT2D eigenvalue weighted by atomic mass is 35.5. The number of aryl methyl sites for hydroxylation is 1.